The minimum absolute atomic E-state index is 0.225. The first kappa shape index (κ1) is 14.1. The zero-order valence-corrected chi connectivity index (χ0v) is 12.1. The number of pyridine rings is 1. The van der Waals surface area contributed by atoms with Crippen molar-refractivity contribution < 1.29 is 9.90 Å². The number of hydrogen-bond acceptors (Lipinski definition) is 3. The molecular formula is C16H18N2O2. The molecule has 2 aromatic rings. The molecule has 0 aliphatic heterocycles. The van der Waals surface area contributed by atoms with E-state index >= 15 is 0 Å². The highest BCUT2D eigenvalue weighted by Crippen LogP contribution is 2.27. The van der Waals surface area contributed by atoms with Gasteiger partial charge in [-0.2, -0.15) is 0 Å². The molecule has 2 rings (SSSR count). The summed E-state index contributed by atoms with van der Waals surface area (Å²) < 4.78 is 0. The number of carbonyl (C=O) groups is 1. The highest BCUT2D eigenvalue weighted by Gasteiger charge is 2.17. The van der Waals surface area contributed by atoms with E-state index in [-0.39, 0.29) is 5.56 Å². The van der Waals surface area contributed by atoms with Gasteiger partial charge >= 0.3 is 5.97 Å². The highest BCUT2D eigenvalue weighted by atomic mass is 16.4. The second kappa shape index (κ2) is 5.33. The summed E-state index contributed by atoms with van der Waals surface area (Å²) in [5.74, 6) is -0.488. The average molecular weight is 270 g/mol. The van der Waals surface area contributed by atoms with Crippen molar-refractivity contribution in [2.24, 2.45) is 0 Å². The van der Waals surface area contributed by atoms with Crippen LogP contribution in [0, 0.1) is 13.8 Å². The summed E-state index contributed by atoms with van der Waals surface area (Å²) in [7, 11) is 3.59. The first-order valence-corrected chi connectivity index (χ1v) is 6.39. The standard InChI is InChI=1S/C16H18N2O2/c1-10-5-7-12(8-6-10)14-11(2)9-13(16(19)20)15(17-14)18(3)4/h5-9H,1-4H3,(H,19,20). The van der Waals surface area contributed by atoms with Gasteiger partial charge in [0.2, 0.25) is 0 Å². The summed E-state index contributed by atoms with van der Waals surface area (Å²) >= 11 is 0. The van der Waals surface area contributed by atoms with Crippen LogP contribution in [0.3, 0.4) is 0 Å². The quantitative estimate of drug-likeness (QED) is 0.931. The van der Waals surface area contributed by atoms with Crippen LogP contribution in [-0.4, -0.2) is 30.2 Å². The molecule has 104 valence electrons. The summed E-state index contributed by atoms with van der Waals surface area (Å²) in [5.41, 5.74) is 4.08. The van der Waals surface area contributed by atoms with E-state index < -0.39 is 5.97 Å². The molecular weight excluding hydrogens is 252 g/mol. The van der Waals surface area contributed by atoms with Crippen molar-refractivity contribution in [3.8, 4) is 11.3 Å². The molecule has 0 fully saturated rings. The molecule has 0 aliphatic carbocycles. The highest BCUT2D eigenvalue weighted by molar-refractivity contribution is 5.94. The van der Waals surface area contributed by atoms with Gasteiger partial charge in [0, 0.05) is 19.7 Å². The van der Waals surface area contributed by atoms with E-state index in [1.165, 1.54) is 5.56 Å². The molecule has 1 aromatic carbocycles. The van der Waals surface area contributed by atoms with Crippen LogP contribution in [0.4, 0.5) is 5.82 Å². The fourth-order valence-electron chi connectivity index (χ4n) is 2.11. The largest absolute Gasteiger partial charge is 0.478 e. The van der Waals surface area contributed by atoms with Gasteiger partial charge < -0.3 is 10.0 Å². The molecule has 20 heavy (non-hydrogen) atoms. The van der Waals surface area contributed by atoms with Crippen LogP contribution in [0.15, 0.2) is 30.3 Å². The Morgan fingerprint density at radius 1 is 1.15 bits per heavy atom. The van der Waals surface area contributed by atoms with Crippen molar-refractivity contribution in [1.82, 2.24) is 4.98 Å². The van der Waals surface area contributed by atoms with Crippen molar-refractivity contribution in [1.29, 1.82) is 0 Å². The monoisotopic (exact) mass is 270 g/mol. The van der Waals surface area contributed by atoms with Crippen molar-refractivity contribution >= 4 is 11.8 Å². The maximum Gasteiger partial charge on any atom is 0.339 e. The second-order valence-corrected chi connectivity index (χ2v) is 5.09. The number of hydrogen-bond donors (Lipinski definition) is 1. The van der Waals surface area contributed by atoms with Crippen molar-refractivity contribution in [2.75, 3.05) is 19.0 Å². The molecule has 0 radical (unpaired) electrons. The Balaban J connectivity index is 2.63. The van der Waals surface area contributed by atoms with Crippen LogP contribution in [0.5, 0.6) is 0 Å². The van der Waals surface area contributed by atoms with Gasteiger partial charge in [-0.25, -0.2) is 9.78 Å². The molecule has 1 N–H and O–H groups in total. The Morgan fingerprint density at radius 2 is 1.75 bits per heavy atom. The molecule has 0 saturated carbocycles. The Hall–Kier alpha value is -2.36. The molecule has 0 spiro atoms. The van der Waals surface area contributed by atoms with Gasteiger partial charge in [0.1, 0.15) is 11.4 Å². The minimum atomic E-state index is -0.959. The van der Waals surface area contributed by atoms with Crippen LogP contribution in [-0.2, 0) is 0 Å². The molecule has 0 unspecified atom stereocenters. The van der Waals surface area contributed by atoms with Gasteiger partial charge in [-0.15, -0.1) is 0 Å². The number of nitrogens with zero attached hydrogens (tertiary/aromatic N) is 2. The Labute approximate surface area is 118 Å². The summed E-state index contributed by atoms with van der Waals surface area (Å²) in [6, 6.07) is 9.74. The normalized spacial score (nSPS) is 10.4. The molecule has 0 amide bonds. The first-order chi connectivity index (χ1) is 9.40. The number of carboxylic acid groups (broad SMARTS) is 1. The second-order valence-electron chi connectivity index (χ2n) is 5.09. The number of aryl methyl sites for hydroxylation is 2. The maximum absolute atomic E-state index is 11.3. The molecule has 0 atom stereocenters. The predicted octanol–water partition coefficient (Wildman–Crippen LogP) is 3.13. The zero-order valence-electron chi connectivity index (χ0n) is 12.1. The predicted molar refractivity (Wildman–Crippen MR) is 80.4 cm³/mol. The summed E-state index contributed by atoms with van der Waals surface area (Å²) in [4.78, 5) is 17.6. The number of rotatable bonds is 3. The molecule has 1 heterocycles. The molecule has 1 aromatic heterocycles. The first-order valence-electron chi connectivity index (χ1n) is 6.39. The molecule has 0 saturated heterocycles. The van der Waals surface area contributed by atoms with Crippen LogP contribution in [0.2, 0.25) is 0 Å². The van der Waals surface area contributed by atoms with Crippen molar-refractivity contribution in [3.63, 3.8) is 0 Å². The fraction of sp³-hybridized carbons (Fsp3) is 0.250. The number of benzene rings is 1. The van der Waals surface area contributed by atoms with Crippen LogP contribution in [0.25, 0.3) is 11.3 Å². The Morgan fingerprint density at radius 3 is 2.25 bits per heavy atom. The number of anilines is 1. The van der Waals surface area contributed by atoms with E-state index in [1.54, 1.807) is 25.1 Å². The third-order valence-electron chi connectivity index (χ3n) is 3.17. The lowest BCUT2D eigenvalue weighted by molar-refractivity contribution is 0.0697. The van der Waals surface area contributed by atoms with E-state index in [4.69, 9.17) is 0 Å². The summed E-state index contributed by atoms with van der Waals surface area (Å²) in [6.07, 6.45) is 0. The Bertz CT molecular complexity index is 646. The van der Waals surface area contributed by atoms with Gasteiger partial charge in [-0.05, 0) is 25.5 Å². The van der Waals surface area contributed by atoms with E-state index in [0.29, 0.717) is 5.82 Å². The lowest BCUT2D eigenvalue weighted by Gasteiger charge is -2.17. The minimum Gasteiger partial charge on any atom is -0.478 e. The van der Waals surface area contributed by atoms with Gasteiger partial charge in [-0.3, -0.25) is 0 Å². The maximum atomic E-state index is 11.3. The van der Waals surface area contributed by atoms with E-state index in [9.17, 15) is 9.90 Å². The van der Waals surface area contributed by atoms with Gasteiger partial charge in [-0.1, -0.05) is 29.8 Å². The number of aromatic nitrogens is 1. The fourth-order valence-corrected chi connectivity index (χ4v) is 2.11. The van der Waals surface area contributed by atoms with Gasteiger partial charge in [0.15, 0.2) is 0 Å². The van der Waals surface area contributed by atoms with E-state index in [0.717, 1.165) is 16.8 Å². The van der Waals surface area contributed by atoms with Crippen LogP contribution < -0.4 is 4.90 Å². The van der Waals surface area contributed by atoms with Crippen molar-refractivity contribution in [2.45, 2.75) is 13.8 Å². The zero-order chi connectivity index (χ0) is 14.9. The average Bonchev–Trinajstić information content (AvgIpc) is 2.39. The van der Waals surface area contributed by atoms with Gasteiger partial charge in [0.05, 0.1) is 5.69 Å². The number of carboxylic acids is 1. The van der Waals surface area contributed by atoms with Gasteiger partial charge in [0.25, 0.3) is 0 Å². The summed E-state index contributed by atoms with van der Waals surface area (Å²) in [6.45, 7) is 3.91. The van der Waals surface area contributed by atoms with Crippen LogP contribution in [0.1, 0.15) is 21.5 Å². The smallest absolute Gasteiger partial charge is 0.339 e. The van der Waals surface area contributed by atoms with Crippen LogP contribution >= 0.6 is 0 Å². The number of aromatic carboxylic acids is 1. The third-order valence-corrected chi connectivity index (χ3v) is 3.17. The third kappa shape index (κ3) is 2.64. The van der Waals surface area contributed by atoms with E-state index in [2.05, 4.69) is 4.98 Å². The molecule has 4 heteroatoms. The molecule has 4 nitrogen and oxygen atoms in total. The lowest BCUT2D eigenvalue weighted by Crippen LogP contribution is -2.16. The topological polar surface area (TPSA) is 53.4 Å². The summed E-state index contributed by atoms with van der Waals surface area (Å²) in [5, 5.41) is 9.27. The lowest BCUT2D eigenvalue weighted by atomic mass is 10.0. The molecule has 0 aliphatic rings. The van der Waals surface area contributed by atoms with E-state index in [1.807, 2.05) is 38.1 Å². The Kier molecular flexibility index (Phi) is 3.74. The molecule has 0 bridgehead atoms. The van der Waals surface area contributed by atoms with Crippen molar-refractivity contribution in [3.05, 3.63) is 47.0 Å². The SMILES string of the molecule is Cc1ccc(-c2nc(N(C)C)c(C(=O)O)cc2C)cc1.